The van der Waals surface area contributed by atoms with Crippen LogP contribution in [-0.2, 0) is 4.79 Å². The lowest BCUT2D eigenvalue weighted by atomic mass is 10.0. The van der Waals surface area contributed by atoms with Crippen molar-refractivity contribution in [1.82, 2.24) is 14.5 Å². The van der Waals surface area contributed by atoms with Gasteiger partial charge >= 0.3 is 0 Å². The van der Waals surface area contributed by atoms with Gasteiger partial charge < -0.3 is 16.2 Å². The molecule has 0 aliphatic heterocycles. The highest BCUT2D eigenvalue weighted by molar-refractivity contribution is 7.98. The molecule has 0 saturated carbocycles. The number of benzene rings is 2. The number of aromatic nitrogens is 3. The minimum absolute atomic E-state index is 0.0342. The number of rotatable bonds is 8. The number of carbonyl (C=O) groups excluding carboxylic acids is 1. The molecule has 4 rings (SSSR count). The number of carbonyl (C=O) groups is 1. The number of pyridine rings is 1. The number of aliphatic hydroxyl groups is 1. The van der Waals surface area contributed by atoms with Gasteiger partial charge in [-0.1, -0.05) is 36.5 Å². The van der Waals surface area contributed by atoms with E-state index in [1.165, 1.54) is 42.1 Å². The number of halogens is 2. The maximum atomic E-state index is 14.8. The lowest BCUT2D eigenvalue weighted by molar-refractivity contribution is -0.113. The summed E-state index contributed by atoms with van der Waals surface area (Å²) < 4.78 is 30.4. The maximum Gasteiger partial charge on any atom is 0.256 e. The average Bonchev–Trinajstić information content (AvgIpc) is 2.90. The van der Waals surface area contributed by atoms with Gasteiger partial charge in [0.1, 0.15) is 17.3 Å². The van der Waals surface area contributed by atoms with Gasteiger partial charge in [-0.3, -0.25) is 14.2 Å². The van der Waals surface area contributed by atoms with Crippen molar-refractivity contribution >= 4 is 34.4 Å². The van der Waals surface area contributed by atoms with Gasteiger partial charge in [0.05, 0.1) is 5.69 Å². The molecule has 4 aromatic rings. The number of allylic oxidation sites excluding steroid dienone is 3. The fourth-order valence-corrected chi connectivity index (χ4v) is 4.25. The molecule has 11 heteroatoms. The molecule has 0 aliphatic rings. The monoisotopic (exact) mass is 547 g/mol. The van der Waals surface area contributed by atoms with Gasteiger partial charge in [0.15, 0.2) is 16.7 Å². The smallest absolute Gasteiger partial charge is 0.256 e. The van der Waals surface area contributed by atoms with Gasteiger partial charge in [0.2, 0.25) is 5.91 Å². The third-order valence-electron chi connectivity index (χ3n) is 5.75. The van der Waals surface area contributed by atoms with Crippen LogP contribution in [0.1, 0.15) is 5.56 Å². The molecular formula is C28H23F2N5O3S. The summed E-state index contributed by atoms with van der Waals surface area (Å²) in [6.45, 7) is 5.47. The summed E-state index contributed by atoms with van der Waals surface area (Å²) in [4.78, 5) is 33.0. The number of primary amides is 1. The summed E-state index contributed by atoms with van der Waals surface area (Å²) in [6.07, 6.45) is 5.49. The number of aliphatic hydroxyl groups excluding tert-OH is 1. The van der Waals surface area contributed by atoms with Crippen LogP contribution in [0.3, 0.4) is 0 Å². The summed E-state index contributed by atoms with van der Waals surface area (Å²) in [5.41, 5.74) is 6.48. The molecule has 2 heterocycles. The molecule has 0 unspecified atom stereocenters. The molecule has 39 heavy (non-hydrogen) atoms. The van der Waals surface area contributed by atoms with Crippen molar-refractivity contribution in [3.8, 4) is 16.9 Å². The van der Waals surface area contributed by atoms with E-state index < -0.39 is 28.8 Å². The van der Waals surface area contributed by atoms with E-state index in [0.717, 1.165) is 28.3 Å². The van der Waals surface area contributed by atoms with Crippen molar-refractivity contribution in [3.63, 3.8) is 0 Å². The van der Waals surface area contributed by atoms with Crippen LogP contribution >= 0.6 is 11.8 Å². The molecule has 0 atom stereocenters. The first-order valence-electron chi connectivity index (χ1n) is 11.5. The molecule has 1 amide bonds. The predicted octanol–water partition coefficient (Wildman–Crippen LogP) is 5.17. The minimum Gasteiger partial charge on any atom is -0.494 e. The van der Waals surface area contributed by atoms with Crippen LogP contribution in [0.2, 0.25) is 0 Å². The number of nitrogens with one attached hydrogen (secondary N) is 1. The number of nitrogens with two attached hydrogens (primary N) is 1. The Morgan fingerprint density at radius 1 is 1.13 bits per heavy atom. The minimum atomic E-state index is -0.913. The molecule has 0 aliphatic carbocycles. The molecule has 0 saturated heterocycles. The summed E-state index contributed by atoms with van der Waals surface area (Å²) in [5, 5.41) is 14.1. The van der Waals surface area contributed by atoms with Gasteiger partial charge in [-0.15, -0.1) is 0 Å². The van der Waals surface area contributed by atoms with E-state index in [1.807, 2.05) is 6.92 Å². The zero-order valence-corrected chi connectivity index (χ0v) is 21.7. The van der Waals surface area contributed by atoms with Crippen molar-refractivity contribution in [3.05, 3.63) is 112 Å². The zero-order chi connectivity index (χ0) is 28.3. The Balaban J connectivity index is 1.95. The van der Waals surface area contributed by atoms with Gasteiger partial charge in [0, 0.05) is 34.4 Å². The average molecular weight is 548 g/mol. The third-order valence-corrected chi connectivity index (χ3v) is 6.30. The Morgan fingerprint density at radius 2 is 1.85 bits per heavy atom. The maximum absolute atomic E-state index is 14.8. The van der Waals surface area contributed by atoms with E-state index in [9.17, 15) is 23.5 Å². The van der Waals surface area contributed by atoms with Crippen LogP contribution in [0.25, 0.3) is 28.0 Å². The summed E-state index contributed by atoms with van der Waals surface area (Å²) in [7, 11) is 0. The number of anilines is 1. The molecule has 0 radical (unpaired) electrons. The van der Waals surface area contributed by atoms with Crippen LogP contribution in [0.15, 0.2) is 94.7 Å². The first kappa shape index (κ1) is 27.3. The number of hydrogen-bond acceptors (Lipinski definition) is 7. The molecule has 4 N–H and O–H groups in total. The number of para-hydroxylation sites is 1. The van der Waals surface area contributed by atoms with Gasteiger partial charge in [-0.05, 0) is 55.2 Å². The Hall–Kier alpha value is -4.77. The van der Waals surface area contributed by atoms with E-state index in [-0.39, 0.29) is 22.3 Å². The number of amides is 1. The molecule has 2 aromatic heterocycles. The second-order valence-corrected chi connectivity index (χ2v) is 9.05. The van der Waals surface area contributed by atoms with Crippen LogP contribution < -0.4 is 16.6 Å². The number of nitrogens with zero attached hydrogens (tertiary/aromatic N) is 3. The van der Waals surface area contributed by atoms with Crippen LogP contribution in [0.5, 0.6) is 0 Å². The molecule has 198 valence electrons. The zero-order valence-electron chi connectivity index (χ0n) is 20.9. The Morgan fingerprint density at radius 3 is 2.49 bits per heavy atom. The lowest BCUT2D eigenvalue weighted by Crippen LogP contribution is -2.21. The highest BCUT2D eigenvalue weighted by Gasteiger charge is 2.20. The summed E-state index contributed by atoms with van der Waals surface area (Å²) in [6, 6.07) is 11.3. The lowest BCUT2D eigenvalue weighted by Gasteiger charge is -2.16. The van der Waals surface area contributed by atoms with Gasteiger partial charge in [0.25, 0.3) is 5.56 Å². The summed E-state index contributed by atoms with van der Waals surface area (Å²) >= 11 is 1.20. The largest absolute Gasteiger partial charge is 0.494 e. The van der Waals surface area contributed by atoms with Crippen molar-refractivity contribution in [2.24, 2.45) is 5.73 Å². The van der Waals surface area contributed by atoms with Crippen molar-refractivity contribution in [2.45, 2.75) is 12.1 Å². The van der Waals surface area contributed by atoms with E-state index in [2.05, 4.69) is 21.9 Å². The van der Waals surface area contributed by atoms with E-state index in [0.29, 0.717) is 22.3 Å². The molecule has 2 aromatic carbocycles. The molecular weight excluding hydrogens is 524 g/mol. The quantitative estimate of drug-likeness (QED) is 0.0915. The molecule has 8 nitrogen and oxygen atoms in total. The summed E-state index contributed by atoms with van der Waals surface area (Å²) in [5.74, 6) is -2.79. The topological polar surface area (TPSA) is 123 Å². The Bertz CT molecular complexity index is 1730. The van der Waals surface area contributed by atoms with E-state index >= 15 is 0 Å². The molecule has 0 bridgehead atoms. The van der Waals surface area contributed by atoms with Crippen LogP contribution in [0, 0.1) is 18.6 Å². The Labute approximate surface area is 226 Å². The van der Waals surface area contributed by atoms with E-state index in [4.69, 9.17) is 5.73 Å². The standard InChI is InChI=1S/C28H23F2N5O3S/c1-4-16(9-12-22(31)36)27(38)32-17-10-8-15(2)19(14-17)24-18-11-13-23(37)35(26(18)34-28(33-24)39-3)25-20(29)6-5-7-21(25)30/h4-14,32,38H,1H2,2-3H3,(H2,31,36). The van der Waals surface area contributed by atoms with Crippen molar-refractivity contribution in [2.75, 3.05) is 11.6 Å². The predicted molar refractivity (Wildman–Crippen MR) is 149 cm³/mol. The number of thioether (sulfide) groups is 1. The Kier molecular flexibility index (Phi) is 7.91. The van der Waals surface area contributed by atoms with Crippen molar-refractivity contribution < 1.29 is 18.7 Å². The van der Waals surface area contributed by atoms with Gasteiger partial charge in [-0.25, -0.2) is 18.7 Å². The fraction of sp³-hybridized carbons (Fsp3) is 0.0714. The first-order valence-corrected chi connectivity index (χ1v) is 12.7. The van der Waals surface area contributed by atoms with E-state index in [1.54, 1.807) is 24.5 Å². The second-order valence-electron chi connectivity index (χ2n) is 8.27. The molecule has 0 fully saturated rings. The number of aryl methyl sites for hydroxylation is 1. The first-order chi connectivity index (χ1) is 18.6. The number of fused-ring (bicyclic) bond motifs is 1. The van der Waals surface area contributed by atoms with Crippen LogP contribution in [0.4, 0.5) is 14.5 Å². The molecule has 0 spiro atoms. The van der Waals surface area contributed by atoms with Crippen molar-refractivity contribution in [1.29, 1.82) is 0 Å². The van der Waals surface area contributed by atoms with Gasteiger partial charge in [-0.2, -0.15) is 0 Å². The van der Waals surface area contributed by atoms with Crippen LogP contribution in [-0.4, -0.2) is 31.8 Å². The normalized spacial score (nSPS) is 12.0. The second kappa shape index (κ2) is 11.3. The number of hydrogen-bond donors (Lipinski definition) is 3. The SMILES string of the molecule is C=CC(C=CC(N)=O)=C(O)Nc1ccc(C)c(-c2nc(SC)nc3c2ccc(=O)n3-c2c(F)cccc2F)c1. The highest BCUT2D eigenvalue weighted by Crippen LogP contribution is 2.33. The highest BCUT2D eigenvalue weighted by atomic mass is 32.2. The third kappa shape index (κ3) is 5.58. The fourth-order valence-electron chi connectivity index (χ4n) is 3.89.